The second-order valence-electron chi connectivity index (χ2n) is 4.12. The first-order chi connectivity index (χ1) is 10.4. The summed E-state index contributed by atoms with van der Waals surface area (Å²) < 4.78 is 58.0. The number of hydrogen-bond donors (Lipinski definition) is 1. The molecule has 0 radical (unpaired) electrons. The van der Waals surface area contributed by atoms with Gasteiger partial charge in [-0.15, -0.1) is 0 Å². The molecule has 1 N–H and O–H groups in total. The van der Waals surface area contributed by atoms with Crippen LogP contribution in [0, 0.1) is 23.3 Å². The van der Waals surface area contributed by atoms with Crippen LogP contribution in [0.5, 0.6) is 0 Å². The number of amides is 1. The van der Waals surface area contributed by atoms with Crippen LogP contribution in [0.25, 0.3) is 0 Å². The van der Waals surface area contributed by atoms with E-state index >= 15 is 0 Å². The summed E-state index contributed by atoms with van der Waals surface area (Å²) in [6, 6.07) is 1.30. The molecule has 5 nitrogen and oxygen atoms in total. The number of halogens is 4. The van der Waals surface area contributed by atoms with E-state index in [-0.39, 0.29) is 18.5 Å². The predicted molar refractivity (Wildman–Crippen MR) is 67.0 cm³/mol. The first kappa shape index (κ1) is 15.8. The fraction of sp³-hybridized carbons (Fsp3) is 0.154. The van der Waals surface area contributed by atoms with Gasteiger partial charge in [-0.1, -0.05) is 0 Å². The Labute approximate surface area is 122 Å². The Bertz CT molecular complexity index is 698. The molecule has 0 saturated heterocycles. The zero-order chi connectivity index (χ0) is 16.3. The maximum Gasteiger partial charge on any atom is 0.263 e. The van der Waals surface area contributed by atoms with Crippen molar-refractivity contribution in [2.45, 2.75) is 6.61 Å². The maximum atomic E-state index is 13.5. The summed E-state index contributed by atoms with van der Waals surface area (Å²) >= 11 is 0. The number of aromatic nitrogens is 2. The fourth-order valence-electron chi connectivity index (χ4n) is 1.64. The molecule has 0 aliphatic rings. The van der Waals surface area contributed by atoms with E-state index in [4.69, 9.17) is 4.74 Å². The quantitative estimate of drug-likeness (QED) is 0.695. The third-order valence-corrected chi connectivity index (χ3v) is 2.60. The van der Waals surface area contributed by atoms with Crippen molar-refractivity contribution < 1.29 is 27.1 Å². The van der Waals surface area contributed by atoms with Crippen molar-refractivity contribution in [2.75, 3.05) is 12.4 Å². The van der Waals surface area contributed by atoms with Crippen molar-refractivity contribution >= 4 is 11.7 Å². The van der Waals surface area contributed by atoms with E-state index in [1.807, 2.05) is 5.32 Å². The molecule has 22 heavy (non-hydrogen) atoms. The first-order valence-electron chi connectivity index (χ1n) is 5.88. The van der Waals surface area contributed by atoms with Crippen molar-refractivity contribution in [1.29, 1.82) is 0 Å². The molecule has 116 valence electrons. The molecular weight excluding hydrogens is 306 g/mol. The number of anilines is 1. The highest BCUT2D eigenvalue weighted by Crippen LogP contribution is 2.20. The zero-order valence-electron chi connectivity index (χ0n) is 11.2. The van der Waals surface area contributed by atoms with Crippen LogP contribution in [-0.4, -0.2) is 23.0 Å². The van der Waals surface area contributed by atoms with E-state index in [0.29, 0.717) is 5.69 Å². The van der Waals surface area contributed by atoms with Crippen LogP contribution in [0.1, 0.15) is 16.1 Å². The van der Waals surface area contributed by atoms with Crippen LogP contribution < -0.4 is 5.32 Å². The van der Waals surface area contributed by atoms with Crippen LogP contribution in [0.2, 0.25) is 0 Å². The van der Waals surface area contributed by atoms with Gasteiger partial charge in [-0.25, -0.2) is 27.5 Å². The number of carbonyl (C=O) groups is 1. The van der Waals surface area contributed by atoms with Crippen LogP contribution >= 0.6 is 0 Å². The number of nitrogens with one attached hydrogen (secondary N) is 1. The molecule has 0 atom stereocenters. The molecule has 0 aliphatic carbocycles. The third-order valence-electron chi connectivity index (χ3n) is 2.60. The first-order valence-corrected chi connectivity index (χ1v) is 5.88. The van der Waals surface area contributed by atoms with Crippen LogP contribution in [-0.2, 0) is 11.3 Å². The highest BCUT2D eigenvalue weighted by molar-refractivity contribution is 6.04. The van der Waals surface area contributed by atoms with Gasteiger partial charge in [0.2, 0.25) is 0 Å². The lowest BCUT2D eigenvalue weighted by atomic mass is 10.1. The molecule has 2 rings (SSSR count). The van der Waals surface area contributed by atoms with Crippen molar-refractivity contribution in [3.63, 3.8) is 0 Å². The molecule has 0 aliphatic heterocycles. The normalized spacial score (nSPS) is 10.6. The highest BCUT2D eigenvalue weighted by atomic mass is 19.2. The molecule has 1 aromatic heterocycles. The lowest BCUT2D eigenvalue weighted by Gasteiger charge is -2.08. The molecule has 0 unspecified atom stereocenters. The fourth-order valence-corrected chi connectivity index (χ4v) is 1.64. The Hall–Kier alpha value is -2.55. The van der Waals surface area contributed by atoms with Gasteiger partial charge >= 0.3 is 0 Å². The van der Waals surface area contributed by atoms with Crippen LogP contribution in [0.4, 0.5) is 23.4 Å². The van der Waals surface area contributed by atoms with E-state index in [9.17, 15) is 22.4 Å². The smallest absolute Gasteiger partial charge is 0.263 e. The van der Waals surface area contributed by atoms with Crippen molar-refractivity contribution in [3.05, 3.63) is 53.0 Å². The van der Waals surface area contributed by atoms with Crippen molar-refractivity contribution in [3.8, 4) is 0 Å². The van der Waals surface area contributed by atoms with Gasteiger partial charge in [-0.2, -0.15) is 0 Å². The Kier molecular flexibility index (Phi) is 4.66. The Balaban J connectivity index is 2.32. The maximum absolute atomic E-state index is 13.5. The van der Waals surface area contributed by atoms with Crippen LogP contribution in [0.15, 0.2) is 18.5 Å². The average Bonchev–Trinajstić information content (AvgIpc) is 2.46. The van der Waals surface area contributed by atoms with Gasteiger partial charge in [0, 0.05) is 19.2 Å². The highest BCUT2D eigenvalue weighted by Gasteiger charge is 2.25. The summed E-state index contributed by atoms with van der Waals surface area (Å²) in [6.45, 7) is 0.114. The van der Waals surface area contributed by atoms with Gasteiger partial charge in [-0.05, 0) is 0 Å². The summed E-state index contributed by atoms with van der Waals surface area (Å²) in [5, 5.41) is 2.03. The van der Waals surface area contributed by atoms with Crippen molar-refractivity contribution in [1.82, 2.24) is 9.97 Å². The van der Waals surface area contributed by atoms with Crippen LogP contribution in [0.3, 0.4) is 0 Å². The van der Waals surface area contributed by atoms with E-state index in [0.717, 1.165) is 6.33 Å². The van der Waals surface area contributed by atoms with E-state index in [1.54, 1.807) is 0 Å². The molecule has 1 aromatic carbocycles. The molecular formula is C13H9F4N3O2. The molecule has 0 saturated carbocycles. The molecule has 2 aromatic rings. The molecule has 0 fully saturated rings. The standard InChI is InChI=1S/C13H9F4N3O2/c1-22-4-6-2-9(19-5-18-6)20-13(21)10-11(16)7(14)3-8(15)12(10)17/h2-3,5H,4H2,1H3,(H,18,19,20,21). The second kappa shape index (κ2) is 6.48. The molecule has 0 bridgehead atoms. The van der Waals surface area contributed by atoms with E-state index in [1.165, 1.54) is 13.2 Å². The van der Waals surface area contributed by atoms with Crippen molar-refractivity contribution in [2.24, 2.45) is 0 Å². The van der Waals surface area contributed by atoms with Gasteiger partial charge < -0.3 is 10.1 Å². The minimum Gasteiger partial charge on any atom is -0.378 e. The Morgan fingerprint density at radius 3 is 2.36 bits per heavy atom. The third kappa shape index (κ3) is 3.19. The number of ether oxygens (including phenoxy) is 1. The summed E-state index contributed by atoms with van der Waals surface area (Å²) in [5.74, 6) is -8.41. The summed E-state index contributed by atoms with van der Waals surface area (Å²) in [4.78, 5) is 19.3. The summed E-state index contributed by atoms with van der Waals surface area (Å²) in [6.07, 6.45) is 1.09. The molecule has 1 amide bonds. The number of carbonyl (C=O) groups excluding carboxylic acids is 1. The topological polar surface area (TPSA) is 64.1 Å². The Morgan fingerprint density at radius 1 is 1.14 bits per heavy atom. The van der Waals surface area contributed by atoms with E-state index < -0.39 is 34.7 Å². The largest absolute Gasteiger partial charge is 0.378 e. The predicted octanol–water partition coefficient (Wildman–Crippen LogP) is 2.43. The zero-order valence-corrected chi connectivity index (χ0v) is 11.2. The number of nitrogens with zero attached hydrogens (tertiary/aromatic N) is 2. The minimum atomic E-state index is -1.79. The summed E-state index contributed by atoms with van der Waals surface area (Å²) in [5.41, 5.74) is -0.983. The number of rotatable bonds is 4. The Morgan fingerprint density at radius 2 is 1.77 bits per heavy atom. The average molecular weight is 315 g/mol. The summed E-state index contributed by atoms with van der Waals surface area (Å²) in [7, 11) is 1.42. The van der Waals surface area contributed by atoms with E-state index in [2.05, 4.69) is 9.97 Å². The molecule has 1 heterocycles. The van der Waals surface area contributed by atoms with Gasteiger partial charge in [-0.3, -0.25) is 4.79 Å². The monoisotopic (exact) mass is 315 g/mol. The number of hydrogen-bond acceptors (Lipinski definition) is 4. The molecule has 0 spiro atoms. The SMILES string of the molecule is COCc1cc(NC(=O)c2c(F)c(F)cc(F)c2F)ncn1. The number of benzene rings is 1. The molecule has 9 heteroatoms. The van der Waals surface area contributed by atoms with Gasteiger partial charge in [0.25, 0.3) is 5.91 Å². The van der Waals surface area contributed by atoms with Gasteiger partial charge in [0.1, 0.15) is 17.7 Å². The minimum absolute atomic E-state index is 0.0167. The lowest BCUT2D eigenvalue weighted by Crippen LogP contribution is -2.19. The number of methoxy groups -OCH3 is 1. The second-order valence-corrected chi connectivity index (χ2v) is 4.12. The lowest BCUT2D eigenvalue weighted by molar-refractivity contribution is 0.101. The van der Waals surface area contributed by atoms with Gasteiger partial charge in [0.05, 0.1) is 12.3 Å². The van der Waals surface area contributed by atoms with Gasteiger partial charge in [0.15, 0.2) is 23.3 Å².